The number of carbonyl (C=O) groups is 2. The minimum absolute atomic E-state index is 0.0533. The van der Waals surface area contributed by atoms with Crippen LogP contribution in [-0.2, 0) is 9.59 Å². The molecule has 2 atom stereocenters. The number of rotatable bonds is 9. The Balaban J connectivity index is 2.59. The Hall–Kier alpha value is -1.40. The van der Waals surface area contributed by atoms with Crippen LogP contribution in [0.2, 0.25) is 0 Å². The highest BCUT2D eigenvalue weighted by Crippen LogP contribution is 2.29. The molecule has 1 fully saturated rings. The van der Waals surface area contributed by atoms with Crippen molar-refractivity contribution >= 4 is 11.8 Å². The summed E-state index contributed by atoms with van der Waals surface area (Å²) in [5.74, 6) is -1.00. The van der Waals surface area contributed by atoms with Gasteiger partial charge in [-0.2, -0.15) is 0 Å². The second-order valence-electron chi connectivity index (χ2n) is 6.21. The monoisotopic (exact) mass is 312 g/mol. The van der Waals surface area contributed by atoms with Crippen LogP contribution in [0.3, 0.4) is 0 Å². The Bertz CT molecular complexity index is 392. The van der Waals surface area contributed by atoms with Gasteiger partial charge in [0.15, 0.2) is 0 Å². The number of aliphatic hydroxyl groups is 2. The second kappa shape index (κ2) is 8.90. The van der Waals surface area contributed by atoms with Gasteiger partial charge in [-0.3, -0.25) is 9.59 Å². The first-order valence-electron chi connectivity index (χ1n) is 7.90. The van der Waals surface area contributed by atoms with Crippen LogP contribution in [-0.4, -0.2) is 46.8 Å². The quantitative estimate of drug-likeness (QED) is 0.466. The van der Waals surface area contributed by atoms with Crippen LogP contribution in [0.1, 0.15) is 45.4 Å². The highest BCUT2D eigenvalue weighted by Gasteiger charge is 2.35. The highest BCUT2D eigenvalue weighted by atomic mass is 16.3. The zero-order valence-electron chi connectivity index (χ0n) is 13.3. The summed E-state index contributed by atoms with van der Waals surface area (Å²) >= 11 is 0. The maximum atomic E-state index is 12.2. The van der Waals surface area contributed by atoms with Crippen molar-refractivity contribution in [1.29, 1.82) is 0 Å². The van der Waals surface area contributed by atoms with Crippen molar-refractivity contribution in [2.24, 2.45) is 5.92 Å². The van der Waals surface area contributed by atoms with E-state index in [1.807, 2.05) is 0 Å². The molecule has 6 heteroatoms. The van der Waals surface area contributed by atoms with Gasteiger partial charge in [-0.1, -0.05) is 18.9 Å². The molecule has 2 amide bonds. The van der Waals surface area contributed by atoms with Crippen LogP contribution in [0, 0.1) is 5.92 Å². The van der Waals surface area contributed by atoms with Crippen molar-refractivity contribution in [2.75, 3.05) is 13.2 Å². The fraction of sp³-hybridized carbons (Fsp3) is 0.750. The summed E-state index contributed by atoms with van der Waals surface area (Å²) in [4.78, 5) is 24.3. The van der Waals surface area contributed by atoms with Gasteiger partial charge in [-0.15, -0.1) is 6.58 Å². The molecule has 6 nitrogen and oxygen atoms in total. The molecule has 2 unspecified atom stereocenters. The largest absolute Gasteiger partial charge is 0.394 e. The number of hydrogen-bond acceptors (Lipinski definition) is 4. The highest BCUT2D eigenvalue weighted by molar-refractivity contribution is 5.86. The molecule has 1 aliphatic carbocycles. The zero-order chi connectivity index (χ0) is 16.6. The Labute approximate surface area is 132 Å². The lowest BCUT2D eigenvalue weighted by Gasteiger charge is -2.29. The summed E-state index contributed by atoms with van der Waals surface area (Å²) < 4.78 is 0. The first kappa shape index (κ1) is 18.6. The molecular formula is C16H28N2O4. The molecule has 1 aliphatic rings. The van der Waals surface area contributed by atoms with E-state index in [1.165, 1.54) is 0 Å². The maximum Gasteiger partial charge on any atom is 0.224 e. The van der Waals surface area contributed by atoms with Gasteiger partial charge in [-0.05, 0) is 26.2 Å². The molecule has 1 rings (SSSR count). The van der Waals surface area contributed by atoms with E-state index in [4.69, 9.17) is 5.11 Å². The van der Waals surface area contributed by atoms with Crippen LogP contribution in [0.15, 0.2) is 12.7 Å². The third-order valence-corrected chi connectivity index (χ3v) is 4.18. The second-order valence-corrected chi connectivity index (χ2v) is 6.21. The van der Waals surface area contributed by atoms with Gasteiger partial charge >= 0.3 is 0 Å². The Morgan fingerprint density at radius 2 is 1.95 bits per heavy atom. The fourth-order valence-electron chi connectivity index (χ4n) is 2.84. The molecule has 0 aliphatic heterocycles. The third kappa shape index (κ3) is 5.42. The molecule has 0 bridgehead atoms. The van der Waals surface area contributed by atoms with Gasteiger partial charge in [0.05, 0.1) is 24.7 Å². The lowest BCUT2D eigenvalue weighted by Crippen LogP contribution is -2.50. The van der Waals surface area contributed by atoms with Gasteiger partial charge in [-0.25, -0.2) is 0 Å². The normalized spacial score (nSPS) is 19.2. The predicted octanol–water partition coefficient (Wildman–Crippen LogP) is 0.487. The molecule has 0 heterocycles. The summed E-state index contributed by atoms with van der Waals surface area (Å²) in [6, 6.07) is -0.346. The lowest BCUT2D eigenvalue weighted by molar-refractivity contribution is -0.131. The summed E-state index contributed by atoms with van der Waals surface area (Å²) in [6.45, 7) is 5.10. The number of amides is 2. The smallest absolute Gasteiger partial charge is 0.224 e. The molecule has 0 aromatic heterocycles. The van der Waals surface area contributed by atoms with Crippen molar-refractivity contribution < 1.29 is 19.8 Å². The predicted molar refractivity (Wildman–Crippen MR) is 84.0 cm³/mol. The molecule has 126 valence electrons. The van der Waals surface area contributed by atoms with Gasteiger partial charge in [0.25, 0.3) is 0 Å². The summed E-state index contributed by atoms with van der Waals surface area (Å²) in [7, 11) is 0. The van der Waals surface area contributed by atoms with E-state index < -0.39 is 11.5 Å². The topological polar surface area (TPSA) is 98.7 Å². The van der Waals surface area contributed by atoms with E-state index in [9.17, 15) is 14.7 Å². The molecule has 0 radical (unpaired) electrons. The van der Waals surface area contributed by atoms with E-state index in [0.29, 0.717) is 6.42 Å². The van der Waals surface area contributed by atoms with Gasteiger partial charge < -0.3 is 20.8 Å². The summed E-state index contributed by atoms with van der Waals surface area (Å²) in [6.07, 6.45) is 5.58. The molecule has 0 aromatic rings. The molecule has 0 aromatic carbocycles. The summed E-state index contributed by atoms with van der Waals surface area (Å²) in [5.41, 5.74) is -0.523. The van der Waals surface area contributed by atoms with Crippen molar-refractivity contribution in [3.63, 3.8) is 0 Å². The van der Waals surface area contributed by atoms with Gasteiger partial charge in [0, 0.05) is 12.5 Å². The zero-order valence-corrected chi connectivity index (χ0v) is 13.3. The Morgan fingerprint density at radius 1 is 1.32 bits per heavy atom. The van der Waals surface area contributed by atoms with E-state index in [2.05, 4.69) is 17.2 Å². The van der Waals surface area contributed by atoms with Crippen LogP contribution in [0.4, 0.5) is 0 Å². The number of aliphatic hydroxyl groups excluding tert-OH is 2. The Morgan fingerprint density at radius 3 is 2.45 bits per heavy atom. The van der Waals surface area contributed by atoms with Gasteiger partial charge in [0.2, 0.25) is 11.8 Å². The molecular weight excluding hydrogens is 284 g/mol. The molecule has 22 heavy (non-hydrogen) atoms. The minimum Gasteiger partial charge on any atom is -0.394 e. The van der Waals surface area contributed by atoms with E-state index >= 15 is 0 Å². The van der Waals surface area contributed by atoms with Crippen molar-refractivity contribution in [3.05, 3.63) is 12.7 Å². The van der Waals surface area contributed by atoms with E-state index in [0.717, 1.165) is 25.7 Å². The van der Waals surface area contributed by atoms with Crippen molar-refractivity contribution in [1.82, 2.24) is 10.6 Å². The molecule has 1 saturated carbocycles. The maximum absolute atomic E-state index is 12.2. The standard InChI is InChI=1S/C16H28N2O4/c1-3-6-13(15(22)17-12(2)10-19)9-14(21)18-16(11-20)7-4-5-8-16/h3,12-13,19-20H,1,4-11H2,2H3,(H,17,22)(H,18,21). The van der Waals surface area contributed by atoms with Crippen LogP contribution in [0.25, 0.3) is 0 Å². The van der Waals surface area contributed by atoms with E-state index in [1.54, 1.807) is 13.0 Å². The number of nitrogens with one attached hydrogen (secondary N) is 2. The molecule has 0 spiro atoms. The third-order valence-electron chi connectivity index (χ3n) is 4.18. The van der Waals surface area contributed by atoms with Crippen LogP contribution < -0.4 is 10.6 Å². The van der Waals surface area contributed by atoms with Crippen LogP contribution >= 0.6 is 0 Å². The SMILES string of the molecule is C=CCC(CC(=O)NC1(CO)CCCC1)C(=O)NC(C)CO. The van der Waals surface area contributed by atoms with Crippen molar-refractivity contribution in [3.8, 4) is 0 Å². The fourth-order valence-corrected chi connectivity index (χ4v) is 2.84. The average molecular weight is 312 g/mol. The number of allylic oxidation sites excluding steroid dienone is 1. The molecule has 4 N–H and O–H groups in total. The summed E-state index contributed by atoms with van der Waals surface area (Å²) in [5, 5.41) is 24.1. The van der Waals surface area contributed by atoms with Crippen LogP contribution in [0.5, 0.6) is 0 Å². The Kier molecular flexibility index (Phi) is 7.55. The lowest BCUT2D eigenvalue weighted by atomic mass is 9.95. The average Bonchev–Trinajstić information content (AvgIpc) is 2.95. The first-order chi connectivity index (χ1) is 10.5. The number of hydrogen-bond donors (Lipinski definition) is 4. The van der Waals surface area contributed by atoms with Crippen molar-refractivity contribution in [2.45, 2.75) is 57.0 Å². The number of carbonyl (C=O) groups excluding carboxylic acids is 2. The van der Waals surface area contributed by atoms with E-state index in [-0.39, 0.29) is 37.5 Å². The minimum atomic E-state index is -0.523. The first-order valence-corrected chi connectivity index (χ1v) is 7.90. The molecule has 0 saturated heterocycles. The van der Waals surface area contributed by atoms with Gasteiger partial charge in [0.1, 0.15) is 0 Å².